The molecule has 1 atom stereocenters. The van der Waals surface area contributed by atoms with Gasteiger partial charge in [0.05, 0.1) is 19.7 Å². The third kappa shape index (κ3) is 4.22. The van der Waals surface area contributed by atoms with Crippen LogP contribution in [-0.4, -0.2) is 36.6 Å². The molecule has 0 radical (unpaired) electrons. The Morgan fingerprint density at radius 2 is 1.69 bits per heavy atom. The lowest BCUT2D eigenvalue weighted by molar-refractivity contribution is -0.129. The van der Waals surface area contributed by atoms with Crippen LogP contribution >= 0.6 is 0 Å². The summed E-state index contributed by atoms with van der Waals surface area (Å²) in [4.78, 5) is 19.5. The van der Waals surface area contributed by atoms with Crippen LogP contribution in [0.4, 0.5) is 0 Å². The summed E-state index contributed by atoms with van der Waals surface area (Å²) in [5, 5.41) is 0.803. The first-order valence-electron chi connectivity index (χ1n) is 11.9. The van der Waals surface area contributed by atoms with E-state index in [0.717, 1.165) is 35.0 Å². The predicted octanol–water partition coefficient (Wildman–Crippen LogP) is 5.02. The van der Waals surface area contributed by atoms with Crippen molar-refractivity contribution in [1.82, 2.24) is 9.88 Å². The molecule has 5 rings (SSSR count). The van der Waals surface area contributed by atoms with Crippen LogP contribution in [0.3, 0.4) is 0 Å². The second-order valence-electron chi connectivity index (χ2n) is 8.90. The van der Waals surface area contributed by atoms with Crippen molar-refractivity contribution in [3.63, 3.8) is 0 Å². The lowest BCUT2D eigenvalue weighted by Gasteiger charge is -2.36. The van der Waals surface area contributed by atoms with Crippen molar-refractivity contribution in [3.8, 4) is 23.0 Å². The van der Waals surface area contributed by atoms with Crippen LogP contribution in [0.2, 0.25) is 0 Å². The lowest BCUT2D eigenvalue weighted by atomic mass is 9.86. The molecule has 0 spiro atoms. The summed E-state index contributed by atoms with van der Waals surface area (Å²) >= 11 is 0. The number of nitrogens with zero attached hydrogens (tertiary/aromatic N) is 2. The van der Waals surface area contributed by atoms with Gasteiger partial charge in [-0.25, -0.2) is 0 Å². The first-order chi connectivity index (χ1) is 17.5. The molecule has 1 amide bonds. The average Bonchev–Trinajstić information content (AvgIpc) is 3.33. The maximum absolute atomic E-state index is 12.9. The van der Waals surface area contributed by atoms with Crippen molar-refractivity contribution in [2.24, 2.45) is 5.73 Å². The van der Waals surface area contributed by atoms with E-state index in [2.05, 4.69) is 22.0 Å². The van der Waals surface area contributed by atoms with Gasteiger partial charge in [-0.05, 0) is 54.8 Å². The van der Waals surface area contributed by atoms with Gasteiger partial charge in [-0.1, -0.05) is 42.5 Å². The Balaban J connectivity index is 1.44. The van der Waals surface area contributed by atoms with E-state index in [1.807, 2.05) is 60.7 Å². The van der Waals surface area contributed by atoms with Gasteiger partial charge in [-0.15, -0.1) is 0 Å². The van der Waals surface area contributed by atoms with Crippen molar-refractivity contribution < 1.29 is 19.0 Å². The van der Waals surface area contributed by atoms with Crippen LogP contribution in [0.5, 0.6) is 23.0 Å². The molecule has 0 bridgehead atoms. The average molecular weight is 484 g/mol. The zero-order valence-corrected chi connectivity index (χ0v) is 20.4. The Bertz CT molecular complexity index is 1370. The largest absolute Gasteiger partial charge is 0.493 e. The smallest absolute Gasteiger partial charge is 0.242 e. The number of amides is 1. The molecule has 1 fully saturated rings. The molecular formula is C29H29N3O4. The number of hydrogen-bond donors (Lipinski definition) is 1. The van der Waals surface area contributed by atoms with E-state index in [-0.39, 0.29) is 5.91 Å². The van der Waals surface area contributed by atoms with Crippen molar-refractivity contribution in [2.75, 3.05) is 20.8 Å². The van der Waals surface area contributed by atoms with E-state index in [0.29, 0.717) is 36.0 Å². The highest BCUT2D eigenvalue weighted by atomic mass is 16.5. The zero-order valence-electron chi connectivity index (χ0n) is 20.4. The van der Waals surface area contributed by atoms with Gasteiger partial charge in [-0.2, -0.15) is 0 Å². The molecule has 4 aromatic rings. The first-order valence-corrected chi connectivity index (χ1v) is 11.9. The SMILES string of the molecule is COc1cc2nccc(Oc3ccc([C@@]4(C(N)=O)CCCN4Cc4ccccc4)cc3)c2cc1OC. The molecular weight excluding hydrogens is 454 g/mol. The van der Waals surface area contributed by atoms with Gasteiger partial charge in [0.25, 0.3) is 0 Å². The normalized spacial score (nSPS) is 17.7. The lowest BCUT2D eigenvalue weighted by Crippen LogP contribution is -2.50. The van der Waals surface area contributed by atoms with Crippen molar-refractivity contribution in [2.45, 2.75) is 24.9 Å². The number of pyridine rings is 1. The number of carbonyl (C=O) groups excluding carboxylic acids is 1. The Morgan fingerprint density at radius 1 is 0.972 bits per heavy atom. The van der Waals surface area contributed by atoms with Crippen LogP contribution in [0, 0.1) is 0 Å². The molecule has 0 aliphatic carbocycles. The third-order valence-electron chi connectivity index (χ3n) is 6.90. The highest BCUT2D eigenvalue weighted by molar-refractivity contribution is 5.88. The molecule has 1 aliphatic rings. The molecule has 2 N–H and O–H groups in total. The molecule has 36 heavy (non-hydrogen) atoms. The van der Waals surface area contributed by atoms with Gasteiger partial charge in [0, 0.05) is 24.2 Å². The van der Waals surface area contributed by atoms with Crippen LogP contribution in [0.1, 0.15) is 24.0 Å². The number of primary amides is 1. The van der Waals surface area contributed by atoms with Gasteiger partial charge < -0.3 is 19.9 Å². The molecule has 1 saturated heterocycles. The summed E-state index contributed by atoms with van der Waals surface area (Å²) in [6.07, 6.45) is 3.29. The molecule has 3 aromatic carbocycles. The number of fused-ring (bicyclic) bond motifs is 1. The third-order valence-corrected chi connectivity index (χ3v) is 6.90. The van der Waals surface area contributed by atoms with Crippen molar-refractivity contribution in [1.29, 1.82) is 0 Å². The number of aromatic nitrogens is 1. The summed E-state index contributed by atoms with van der Waals surface area (Å²) in [7, 11) is 3.19. The Kier molecular flexibility index (Phi) is 6.48. The fourth-order valence-electron chi connectivity index (χ4n) is 5.10. The summed E-state index contributed by atoms with van der Waals surface area (Å²) < 4.78 is 17.1. The van der Waals surface area contributed by atoms with Gasteiger partial charge >= 0.3 is 0 Å². The monoisotopic (exact) mass is 483 g/mol. The summed E-state index contributed by atoms with van der Waals surface area (Å²) in [6.45, 7) is 1.47. The number of benzene rings is 3. The summed E-state index contributed by atoms with van der Waals surface area (Å²) in [6, 6.07) is 23.3. The molecule has 2 heterocycles. The van der Waals surface area contributed by atoms with E-state index in [4.69, 9.17) is 19.9 Å². The number of nitrogens with two attached hydrogens (primary N) is 1. The van der Waals surface area contributed by atoms with Crippen LogP contribution in [0.15, 0.2) is 79.0 Å². The molecule has 7 heteroatoms. The van der Waals surface area contributed by atoms with Crippen LogP contribution in [-0.2, 0) is 16.9 Å². The van der Waals surface area contributed by atoms with Gasteiger partial charge in [-0.3, -0.25) is 14.7 Å². The highest BCUT2D eigenvalue weighted by Crippen LogP contribution is 2.41. The minimum Gasteiger partial charge on any atom is -0.493 e. The van der Waals surface area contributed by atoms with E-state index in [1.165, 1.54) is 0 Å². The quantitative estimate of drug-likeness (QED) is 0.379. The van der Waals surface area contributed by atoms with Crippen LogP contribution in [0.25, 0.3) is 10.9 Å². The summed E-state index contributed by atoms with van der Waals surface area (Å²) in [5.41, 5.74) is 7.96. The zero-order chi connectivity index (χ0) is 25.1. The van der Waals surface area contributed by atoms with E-state index >= 15 is 0 Å². The van der Waals surface area contributed by atoms with Crippen LogP contribution < -0.4 is 19.9 Å². The number of carbonyl (C=O) groups is 1. The Hall–Kier alpha value is -4.10. The molecule has 184 valence electrons. The second-order valence-corrected chi connectivity index (χ2v) is 8.90. The molecule has 0 unspecified atom stereocenters. The first kappa shape index (κ1) is 23.6. The van der Waals surface area contributed by atoms with E-state index in [9.17, 15) is 4.79 Å². The molecule has 0 saturated carbocycles. The Morgan fingerprint density at radius 3 is 2.39 bits per heavy atom. The number of rotatable bonds is 8. The molecule has 7 nitrogen and oxygen atoms in total. The van der Waals surface area contributed by atoms with Crippen molar-refractivity contribution in [3.05, 3.63) is 90.1 Å². The van der Waals surface area contributed by atoms with Gasteiger partial charge in [0.1, 0.15) is 17.0 Å². The second kappa shape index (κ2) is 9.87. The van der Waals surface area contributed by atoms with Crippen molar-refractivity contribution >= 4 is 16.8 Å². The standard InChI is InChI=1S/C29H29N3O4/c1-34-26-17-23-24(18-27(26)35-2)31-15-13-25(23)36-22-11-9-21(10-12-22)29(28(30)33)14-6-16-32(29)19-20-7-4-3-5-8-20/h3-5,7-13,15,17-18H,6,14,16,19H2,1-2H3,(H2,30,33)/t29-/m1/s1. The predicted molar refractivity (Wildman–Crippen MR) is 138 cm³/mol. The number of ether oxygens (including phenoxy) is 3. The maximum atomic E-state index is 12.9. The fourth-order valence-corrected chi connectivity index (χ4v) is 5.10. The molecule has 1 aliphatic heterocycles. The highest BCUT2D eigenvalue weighted by Gasteiger charge is 2.47. The summed E-state index contributed by atoms with van der Waals surface area (Å²) in [5.74, 6) is 2.16. The minimum absolute atomic E-state index is 0.328. The minimum atomic E-state index is -0.846. The van der Waals surface area contributed by atoms with Gasteiger partial charge in [0.15, 0.2) is 11.5 Å². The fraction of sp³-hybridized carbons (Fsp3) is 0.241. The van der Waals surface area contributed by atoms with Gasteiger partial charge in [0.2, 0.25) is 5.91 Å². The maximum Gasteiger partial charge on any atom is 0.242 e. The van der Waals surface area contributed by atoms with E-state index < -0.39 is 5.54 Å². The Labute approximate surface area is 210 Å². The molecule has 1 aromatic heterocycles. The topological polar surface area (TPSA) is 86.9 Å². The number of likely N-dealkylation sites (tertiary alicyclic amines) is 1. The number of methoxy groups -OCH3 is 2. The van der Waals surface area contributed by atoms with E-state index in [1.54, 1.807) is 20.4 Å². The number of hydrogen-bond acceptors (Lipinski definition) is 6.